The van der Waals surface area contributed by atoms with Crippen LogP contribution in [0.25, 0.3) is 0 Å². The molecular weight excluding hydrogens is 264 g/mol. The second-order valence-electron chi connectivity index (χ2n) is 5.27. The lowest BCUT2D eigenvalue weighted by molar-refractivity contribution is 0.0931. The molecule has 5 nitrogen and oxygen atoms in total. The number of anilines is 1. The average molecular weight is 284 g/mol. The molecule has 1 unspecified atom stereocenters. The number of rotatable bonds is 4. The summed E-state index contributed by atoms with van der Waals surface area (Å²) in [6, 6.07) is 10.0. The minimum Gasteiger partial charge on any atom is -0.356 e. The number of benzene rings is 1. The van der Waals surface area contributed by atoms with Crippen molar-refractivity contribution in [3.63, 3.8) is 0 Å². The van der Waals surface area contributed by atoms with Crippen LogP contribution >= 0.6 is 0 Å². The van der Waals surface area contributed by atoms with Crippen molar-refractivity contribution in [1.29, 1.82) is 0 Å². The molecule has 0 bridgehead atoms. The Morgan fingerprint density at radius 2 is 2.24 bits per heavy atom. The third-order valence-corrected chi connectivity index (χ3v) is 3.78. The smallest absolute Gasteiger partial charge is 0.272 e. The standard InChI is InChI=1S/C16H20N4O/c1-2-13(12-7-4-3-5-8-12)18-15(21)14-11-20-10-6-9-17-16(20)19-14/h3-5,7-8,11,13H,2,6,9-10H2,1H3,(H,17,19)(H,18,21). The van der Waals surface area contributed by atoms with Gasteiger partial charge in [0.05, 0.1) is 6.04 Å². The molecule has 0 radical (unpaired) electrons. The first-order chi connectivity index (χ1) is 10.3. The number of nitrogens with one attached hydrogen (secondary N) is 2. The molecule has 110 valence electrons. The summed E-state index contributed by atoms with van der Waals surface area (Å²) in [5.74, 6) is 0.675. The summed E-state index contributed by atoms with van der Waals surface area (Å²) >= 11 is 0. The zero-order valence-electron chi connectivity index (χ0n) is 12.2. The molecule has 21 heavy (non-hydrogen) atoms. The Hall–Kier alpha value is -2.30. The minimum atomic E-state index is -0.116. The van der Waals surface area contributed by atoms with Gasteiger partial charge in [-0.25, -0.2) is 4.98 Å². The predicted octanol–water partition coefficient (Wildman–Crippen LogP) is 2.58. The van der Waals surface area contributed by atoms with Crippen molar-refractivity contribution >= 4 is 11.9 Å². The number of nitrogens with zero attached hydrogens (tertiary/aromatic N) is 2. The number of hydrogen-bond donors (Lipinski definition) is 2. The van der Waals surface area contributed by atoms with Gasteiger partial charge >= 0.3 is 0 Å². The number of imidazole rings is 1. The van der Waals surface area contributed by atoms with Crippen LogP contribution in [0.2, 0.25) is 0 Å². The van der Waals surface area contributed by atoms with E-state index in [9.17, 15) is 4.79 Å². The van der Waals surface area contributed by atoms with E-state index in [0.717, 1.165) is 37.4 Å². The maximum atomic E-state index is 12.4. The van der Waals surface area contributed by atoms with Gasteiger partial charge in [-0.15, -0.1) is 0 Å². The molecule has 2 heterocycles. The summed E-state index contributed by atoms with van der Waals surface area (Å²) in [7, 11) is 0. The Kier molecular flexibility index (Phi) is 3.90. The Labute approximate surface area is 124 Å². The van der Waals surface area contributed by atoms with Crippen LogP contribution in [-0.4, -0.2) is 22.0 Å². The highest BCUT2D eigenvalue weighted by Crippen LogP contribution is 2.18. The van der Waals surface area contributed by atoms with Crippen molar-refractivity contribution in [2.24, 2.45) is 0 Å². The fraction of sp³-hybridized carbons (Fsp3) is 0.375. The monoisotopic (exact) mass is 284 g/mol. The molecule has 2 N–H and O–H groups in total. The zero-order chi connectivity index (χ0) is 14.7. The van der Waals surface area contributed by atoms with E-state index in [-0.39, 0.29) is 11.9 Å². The first kappa shape index (κ1) is 13.7. The lowest BCUT2D eigenvalue weighted by Gasteiger charge is -2.16. The van der Waals surface area contributed by atoms with Gasteiger partial charge in [-0.1, -0.05) is 37.3 Å². The number of amides is 1. The summed E-state index contributed by atoms with van der Waals surface area (Å²) in [6.45, 7) is 3.90. The Morgan fingerprint density at radius 3 is 2.95 bits per heavy atom. The first-order valence-corrected chi connectivity index (χ1v) is 7.44. The van der Waals surface area contributed by atoms with Gasteiger partial charge in [-0.3, -0.25) is 4.79 Å². The molecule has 0 saturated carbocycles. The van der Waals surface area contributed by atoms with Gasteiger partial charge < -0.3 is 15.2 Å². The Bertz CT molecular complexity index is 597. The topological polar surface area (TPSA) is 59.0 Å². The number of fused-ring (bicyclic) bond motifs is 1. The van der Waals surface area contributed by atoms with Crippen molar-refractivity contribution in [1.82, 2.24) is 14.9 Å². The predicted molar refractivity (Wildman–Crippen MR) is 82.3 cm³/mol. The maximum Gasteiger partial charge on any atom is 0.272 e. The minimum absolute atomic E-state index is 0.0189. The van der Waals surface area contributed by atoms with E-state index in [0.29, 0.717) is 5.69 Å². The van der Waals surface area contributed by atoms with Crippen LogP contribution in [0, 0.1) is 0 Å². The van der Waals surface area contributed by atoms with Crippen LogP contribution in [0.3, 0.4) is 0 Å². The van der Waals surface area contributed by atoms with E-state index in [2.05, 4.69) is 22.5 Å². The normalized spacial score (nSPS) is 14.9. The van der Waals surface area contributed by atoms with Crippen molar-refractivity contribution in [3.8, 4) is 0 Å². The second-order valence-corrected chi connectivity index (χ2v) is 5.27. The second kappa shape index (κ2) is 5.99. The quantitative estimate of drug-likeness (QED) is 0.907. The van der Waals surface area contributed by atoms with E-state index in [1.807, 2.05) is 41.1 Å². The van der Waals surface area contributed by atoms with E-state index in [4.69, 9.17) is 0 Å². The molecule has 0 saturated heterocycles. The van der Waals surface area contributed by atoms with Crippen LogP contribution in [0.15, 0.2) is 36.5 Å². The van der Waals surface area contributed by atoms with Crippen LogP contribution in [-0.2, 0) is 6.54 Å². The highest BCUT2D eigenvalue weighted by atomic mass is 16.2. The van der Waals surface area contributed by atoms with E-state index >= 15 is 0 Å². The van der Waals surface area contributed by atoms with Gasteiger partial charge in [-0.05, 0) is 18.4 Å². The molecule has 1 aliphatic rings. The third kappa shape index (κ3) is 2.91. The molecule has 0 spiro atoms. The number of hydrogen-bond acceptors (Lipinski definition) is 3. The van der Waals surface area contributed by atoms with Crippen LogP contribution in [0.5, 0.6) is 0 Å². The van der Waals surface area contributed by atoms with Gasteiger partial charge in [0.2, 0.25) is 5.95 Å². The van der Waals surface area contributed by atoms with Crippen LogP contribution in [0.4, 0.5) is 5.95 Å². The number of carbonyl (C=O) groups excluding carboxylic acids is 1. The highest BCUT2D eigenvalue weighted by Gasteiger charge is 2.19. The highest BCUT2D eigenvalue weighted by molar-refractivity contribution is 5.92. The van der Waals surface area contributed by atoms with Gasteiger partial charge in [0, 0.05) is 19.3 Å². The van der Waals surface area contributed by atoms with Crippen LogP contribution < -0.4 is 10.6 Å². The molecular formula is C16H20N4O. The molecule has 5 heteroatoms. The van der Waals surface area contributed by atoms with E-state index in [1.54, 1.807) is 0 Å². The number of carbonyl (C=O) groups is 1. The molecule has 1 atom stereocenters. The third-order valence-electron chi connectivity index (χ3n) is 3.78. The molecule has 1 aromatic heterocycles. The van der Waals surface area contributed by atoms with Crippen molar-refractivity contribution in [2.45, 2.75) is 32.4 Å². The first-order valence-electron chi connectivity index (χ1n) is 7.44. The summed E-state index contributed by atoms with van der Waals surface area (Å²) in [5.41, 5.74) is 1.60. The van der Waals surface area contributed by atoms with Crippen LogP contribution in [0.1, 0.15) is 41.9 Å². The van der Waals surface area contributed by atoms with Gasteiger partial charge in [0.25, 0.3) is 5.91 Å². The summed E-state index contributed by atoms with van der Waals surface area (Å²) in [5, 5.41) is 6.27. The number of aromatic nitrogens is 2. The molecule has 2 aromatic rings. The lowest BCUT2D eigenvalue weighted by Crippen LogP contribution is -2.28. The molecule has 0 aliphatic carbocycles. The van der Waals surface area contributed by atoms with E-state index in [1.165, 1.54) is 0 Å². The molecule has 1 aliphatic heterocycles. The average Bonchev–Trinajstić information content (AvgIpc) is 2.97. The largest absolute Gasteiger partial charge is 0.356 e. The molecule has 1 amide bonds. The zero-order valence-corrected chi connectivity index (χ0v) is 12.2. The molecule has 0 fully saturated rings. The maximum absolute atomic E-state index is 12.4. The Balaban J connectivity index is 1.74. The molecule has 1 aromatic carbocycles. The Morgan fingerprint density at radius 1 is 1.43 bits per heavy atom. The van der Waals surface area contributed by atoms with Crippen molar-refractivity contribution in [2.75, 3.05) is 11.9 Å². The van der Waals surface area contributed by atoms with Gasteiger partial charge in [-0.2, -0.15) is 0 Å². The fourth-order valence-electron chi connectivity index (χ4n) is 2.63. The van der Waals surface area contributed by atoms with Crippen molar-refractivity contribution < 1.29 is 4.79 Å². The van der Waals surface area contributed by atoms with Crippen molar-refractivity contribution in [3.05, 3.63) is 47.8 Å². The lowest BCUT2D eigenvalue weighted by atomic mass is 10.0. The number of aryl methyl sites for hydroxylation is 1. The van der Waals surface area contributed by atoms with Gasteiger partial charge in [0.1, 0.15) is 5.69 Å². The SMILES string of the molecule is CCC(NC(=O)c1cn2c(n1)NCCC2)c1ccccc1. The molecule has 3 rings (SSSR count). The summed E-state index contributed by atoms with van der Waals surface area (Å²) < 4.78 is 2.00. The fourth-order valence-corrected chi connectivity index (χ4v) is 2.63. The van der Waals surface area contributed by atoms with E-state index < -0.39 is 0 Å². The van der Waals surface area contributed by atoms with Gasteiger partial charge in [0.15, 0.2) is 0 Å². The summed E-state index contributed by atoms with van der Waals surface area (Å²) in [4.78, 5) is 16.8. The summed E-state index contributed by atoms with van der Waals surface area (Å²) in [6.07, 6.45) is 3.74.